The minimum atomic E-state index is -0.861. The van der Waals surface area contributed by atoms with Crippen LogP contribution in [-0.4, -0.2) is 30.6 Å². The largest absolute Gasteiger partial charge is 0.383 e. The van der Waals surface area contributed by atoms with Crippen LogP contribution in [0.5, 0.6) is 0 Å². The van der Waals surface area contributed by atoms with E-state index in [9.17, 15) is 14.9 Å². The number of methoxy groups -OCH3 is 1. The second-order valence-corrected chi connectivity index (χ2v) is 3.33. The predicted octanol–water partition coefficient (Wildman–Crippen LogP) is 0.507. The number of nitro groups is 1. The van der Waals surface area contributed by atoms with E-state index in [0.29, 0.717) is 0 Å². The maximum absolute atomic E-state index is 11.5. The molecule has 7 heteroatoms. The lowest BCUT2D eigenvalue weighted by Gasteiger charge is -2.11. The van der Waals surface area contributed by atoms with Crippen molar-refractivity contribution in [3.8, 4) is 0 Å². The third-order valence-electron chi connectivity index (χ3n) is 2.04. The van der Waals surface area contributed by atoms with E-state index in [-0.39, 0.29) is 18.0 Å². The summed E-state index contributed by atoms with van der Waals surface area (Å²) in [6, 6.07) is 4.99. The number of carbonyl (C=O) groups is 1. The number of nitrogens with one attached hydrogen (secondary N) is 1. The van der Waals surface area contributed by atoms with Crippen molar-refractivity contribution in [3.05, 3.63) is 34.4 Å². The maximum atomic E-state index is 11.5. The van der Waals surface area contributed by atoms with Crippen molar-refractivity contribution in [1.82, 2.24) is 0 Å². The summed E-state index contributed by atoms with van der Waals surface area (Å²) in [5.41, 5.74) is 5.44. The van der Waals surface area contributed by atoms with E-state index in [1.165, 1.54) is 25.3 Å². The molecule has 0 heterocycles. The fraction of sp³-hybridized carbons (Fsp3) is 0.300. The first-order valence-corrected chi connectivity index (χ1v) is 4.85. The quantitative estimate of drug-likeness (QED) is 0.574. The van der Waals surface area contributed by atoms with Crippen LogP contribution in [0, 0.1) is 10.1 Å². The summed E-state index contributed by atoms with van der Waals surface area (Å²) in [4.78, 5) is 21.7. The Balaban J connectivity index is 2.81. The van der Waals surface area contributed by atoms with Gasteiger partial charge in [-0.3, -0.25) is 14.9 Å². The molecular formula is C10H13N3O4. The summed E-state index contributed by atoms with van der Waals surface area (Å²) in [5.74, 6) is -0.527. The highest BCUT2D eigenvalue weighted by molar-refractivity contribution is 5.96. The summed E-state index contributed by atoms with van der Waals surface area (Å²) in [5, 5.41) is 13.1. The number of amides is 1. The molecule has 0 aromatic heterocycles. The number of carbonyl (C=O) groups excluding carboxylic acids is 1. The molecule has 0 aliphatic rings. The third-order valence-corrected chi connectivity index (χ3v) is 2.04. The van der Waals surface area contributed by atoms with E-state index in [1.807, 2.05) is 0 Å². The van der Waals surface area contributed by atoms with Gasteiger partial charge < -0.3 is 15.8 Å². The number of hydrogen-bond donors (Lipinski definition) is 2. The van der Waals surface area contributed by atoms with Gasteiger partial charge in [-0.1, -0.05) is 12.1 Å². The first-order chi connectivity index (χ1) is 8.06. The second kappa shape index (κ2) is 5.92. The Hall–Kier alpha value is -1.99. The molecule has 1 atom stereocenters. The Kier molecular flexibility index (Phi) is 4.56. The van der Waals surface area contributed by atoms with Gasteiger partial charge in [0.15, 0.2) is 0 Å². The highest BCUT2D eigenvalue weighted by Crippen LogP contribution is 2.22. The molecule has 0 saturated heterocycles. The van der Waals surface area contributed by atoms with Gasteiger partial charge in [-0.25, -0.2) is 0 Å². The van der Waals surface area contributed by atoms with Crippen LogP contribution in [0.4, 0.5) is 11.4 Å². The Labute approximate surface area is 97.7 Å². The van der Waals surface area contributed by atoms with Gasteiger partial charge in [0.05, 0.1) is 11.5 Å². The van der Waals surface area contributed by atoms with Gasteiger partial charge in [0.25, 0.3) is 5.69 Å². The molecule has 1 amide bonds. The molecular weight excluding hydrogens is 226 g/mol. The van der Waals surface area contributed by atoms with E-state index in [0.717, 1.165) is 0 Å². The maximum Gasteiger partial charge on any atom is 0.292 e. The minimum absolute atomic E-state index is 0.0481. The molecule has 1 aromatic rings. The van der Waals surface area contributed by atoms with Crippen LogP contribution in [0.25, 0.3) is 0 Å². The Bertz CT molecular complexity index is 422. The summed E-state index contributed by atoms with van der Waals surface area (Å²) in [7, 11) is 1.41. The first-order valence-electron chi connectivity index (χ1n) is 4.85. The van der Waals surface area contributed by atoms with Crippen LogP contribution in [-0.2, 0) is 9.53 Å². The number of nitro benzene ring substituents is 1. The molecule has 1 rings (SSSR count). The van der Waals surface area contributed by atoms with E-state index in [1.54, 1.807) is 6.07 Å². The van der Waals surface area contributed by atoms with Crippen LogP contribution < -0.4 is 11.1 Å². The number of ether oxygens (including phenoxy) is 1. The first kappa shape index (κ1) is 13.1. The fourth-order valence-electron chi connectivity index (χ4n) is 1.22. The Morgan fingerprint density at radius 2 is 2.24 bits per heavy atom. The van der Waals surface area contributed by atoms with Gasteiger partial charge in [-0.05, 0) is 6.07 Å². The Morgan fingerprint density at radius 1 is 1.59 bits per heavy atom. The number of hydrogen-bond acceptors (Lipinski definition) is 5. The lowest BCUT2D eigenvalue weighted by Crippen LogP contribution is -2.39. The fourth-order valence-corrected chi connectivity index (χ4v) is 1.22. The van der Waals surface area contributed by atoms with Crippen molar-refractivity contribution < 1.29 is 14.5 Å². The SMILES string of the molecule is COCC(N)C(=O)Nc1ccccc1[N+](=O)[O-]. The van der Waals surface area contributed by atoms with Gasteiger partial charge in [0, 0.05) is 13.2 Å². The number of benzene rings is 1. The van der Waals surface area contributed by atoms with Crippen molar-refractivity contribution in [2.24, 2.45) is 5.73 Å². The standard InChI is InChI=1S/C10H13N3O4/c1-17-6-7(11)10(14)12-8-4-2-3-5-9(8)13(15)16/h2-5,7H,6,11H2,1H3,(H,12,14). The smallest absolute Gasteiger partial charge is 0.292 e. The molecule has 0 fully saturated rings. The number of nitrogens with zero attached hydrogens (tertiary/aromatic N) is 1. The summed E-state index contributed by atoms with van der Waals surface area (Å²) < 4.78 is 4.72. The van der Waals surface area contributed by atoms with Crippen LogP contribution in [0.15, 0.2) is 24.3 Å². The molecule has 0 radical (unpaired) electrons. The van der Waals surface area contributed by atoms with Crippen molar-refractivity contribution in [1.29, 1.82) is 0 Å². The van der Waals surface area contributed by atoms with Crippen LogP contribution >= 0.6 is 0 Å². The lowest BCUT2D eigenvalue weighted by molar-refractivity contribution is -0.383. The molecule has 0 spiro atoms. The number of rotatable bonds is 5. The van der Waals surface area contributed by atoms with Gasteiger partial charge in [-0.15, -0.1) is 0 Å². The van der Waals surface area contributed by atoms with E-state index in [2.05, 4.69) is 5.32 Å². The van der Waals surface area contributed by atoms with E-state index in [4.69, 9.17) is 10.5 Å². The molecule has 0 aliphatic carbocycles. The average molecular weight is 239 g/mol. The molecule has 0 bridgehead atoms. The van der Waals surface area contributed by atoms with Crippen LogP contribution in [0.1, 0.15) is 0 Å². The van der Waals surface area contributed by atoms with Gasteiger partial charge in [0.2, 0.25) is 5.91 Å². The molecule has 7 nitrogen and oxygen atoms in total. The zero-order chi connectivity index (χ0) is 12.8. The Morgan fingerprint density at radius 3 is 2.82 bits per heavy atom. The average Bonchev–Trinajstić information content (AvgIpc) is 2.29. The summed E-state index contributed by atoms with van der Waals surface area (Å²) >= 11 is 0. The van der Waals surface area contributed by atoms with E-state index >= 15 is 0 Å². The van der Waals surface area contributed by atoms with Crippen molar-refractivity contribution >= 4 is 17.3 Å². The molecule has 3 N–H and O–H groups in total. The van der Waals surface area contributed by atoms with Crippen molar-refractivity contribution in [2.75, 3.05) is 19.0 Å². The summed E-state index contributed by atoms with van der Waals surface area (Å²) in [6.45, 7) is 0.0481. The highest BCUT2D eigenvalue weighted by atomic mass is 16.6. The highest BCUT2D eigenvalue weighted by Gasteiger charge is 2.18. The topological polar surface area (TPSA) is 107 Å². The van der Waals surface area contributed by atoms with E-state index < -0.39 is 16.9 Å². The monoisotopic (exact) mass is 239 g/mol. The molecule has 92 valence electrons. The second-order valence-electron chi connectivity index (χ2n) is 3.33. The lowest BCUT2D eigenvalue weighted by atomic mass is 10.2. The minimum Gasteiger partial charge on any atom is -0.383 e. The van der Waals surface area contributed by atoms with Crippen LogP contribution in [0.3, 0.4) is 0 Å². The number of nitrogens with two attached hydrogens (primary N) is 1. The normalized spacial score (nSPS) is 11.9. The zero-order valence-electron chi connectivity index (χ0n) is 9.25. The van der Waals surface area contributed by atoms with Gasteiger partial charge >= 0.3 is 0 Å². The molecule has 1 unspecified atom stereocenters. The summed E-state index contributed by atoms with van der Waals surface area (Å²) in [6.07, 6.45) is 0. The molecule has 17 heavy (non-hydrogen) atoms. The van der Waals surface area contributed by atoms with Crippen molar-refractivity contribution in [3.63, 3.8) is 0 Å². The molecule has 1 aromatic carbocycles. The molecule has 0 saturated carbocycles. The van der Waals surface area contributed by atoms with Gasteiger partial charge in [0.1, 0.15) is 11.7 Å². The van der Waals surface area contributed by atoms with Gasteiger partial charge in [-0.2, -0.15) is 0 Å². The third kappa shape index (κ3) is 3.51. The zero-order valence-corrected chi connectivity index (χ0v) is 9.25. The van der Waals surface area contributed by atoms with Crippen LogP contribution in [0.2, 0.25) is 0 Å². The molecule has 0 aliphatic heterocycles. The van der Waals surface area contributed by atoms with Crippen molar-refractivity contribution in [2.45, 2.75) is 6.04 Å². The predicted molar refractivity (Wildman–Crippen MR) is 61.6 cm³/mol. The number of para-hydroxylation sites is 2. The number of anilines is 1.